The molecule has 3 rings (SSSR count). The molecule has 2 aromatic rings. The molecule has 21 heavy (non-hydrogen) atoms. The second-order valence-corrected chi connectivity index (χ2v) is 5.66. The highest BCUT2D eigenvalue weighted by molar-refractivity contribution is 5.47. The van der Waals surface area contributed by atoms with Gasteiger partial charge >= 0.3 is 0 Å². The average molecular weight is 291 g/mol. The quantitative estimate of drug-likeness (QED) is 0.915. The lowest BCUT2D eigenvalue weighted by Gasteiger charge is -2.10. The molecule has 1 fully saturated rings. The Morgan fingerprint density at radius 3 is 2.76 bits per heavy atom. The third kappa shape index (κ3) is 3.06. The molecule has 0 saturated heterocycles. The monoisotopic (exact) mass is 291 g/mol. The summed E-state index contributed by atoms with van der Waals surface area (Å²) >= 11 is 0. The maximum Gasteiger partial charge on any atom is 0.146 e. The Balaban J connectivity index is 1.66. The number of halogens is 2. The molecule has 1 aromatic heterocycles. The van der Waals surface area contributed by atoms with Crippen molar-refractivity contribution in [2.45, 2.75) is 45.2 Å². The van der Waals surface area contributed by atoms with Crippen LogP contribution in [-0.4, -0.2) is 9.78 Å². The molecule has 0 radical (unpaired) electrons. The van der Waals surface area contributed by atoms with Crippen LogP contribution in [0.5, 0.6) is 0 Å². The number of nitrogens with one attached hydrogen (secondary N) is 1. The van der Waals surface area contributed by atoms with Gasteiger partial charge in [0.1, 0.15) is 11.6 Å². The summed E-state index contributed by atoms with van der Waals surface area (Å²) in [4.78, 5) is 0. The van der Waals surface area contributed by atoms with Crippen molar-refractivity contribution in [1.82, 2.24) is 9.78 Å². The summed E-state index contributed by atoms with van der Waals surface area (Å²) in [5, 5.41) is 7.43. The van der Waals surface area contributed by atoms with Gasteiger partial charge in [0.2, 0.25) is 0 Å². The van der Waals surface area contributed by atoms with Gasteiger partial charge in [0.25, 0.3) is 0 Å². The minimum Gasteiger partial charge on any atom is -0.377 e. The number of hydrogen-bond acceptors (Lipinski definition) is 2. The lowest BCUT2D eigenvalue weighted by Crippen LogP contribution is -2.08. The van der Waals surface area contributed by atoms with Gasteiger partial charge in [-0.2, -0.15) is 5.10 Å². The third-order valence-corrected chi connectivity index (χ3v) is 4.07. The number of aromatic nitrogens is 2. The van der Waals surface area contributed by atoms with Crippen LogP contribution in [0.2, 0.25) is 0 Å². The lowest BCUT2D eigenvalue weighted by atomic mass is 10.2. The number of rotatable bonds is 4. The summed E-state index contributed by atoms with van der Waals surface area (Å²) in [6.45, 7) is 1.94. The molecule has 1 aliphatic rings. The van der Waals surface area contributed by atoms with E-state index in [2.05, 4.69) is 10.4 Å². The van der Waals surface area contributed by atoms with Crippen molar-refractivity contribution in [1.29, 1.82) is 0 Å². The molecule has 0 spiro atoms. The maximum absolute atomic E-state index is 13.7. The molecule has 112 valence electrons. The fraction of sp³-hybridized carbons (Fsp3) is 0.438. The second kappa shape index (κ2) is 5.84. The van der Waals surface area contributed by atoms with Crippen molar-refractivity contribution in [2.75, 3.05) is 5.32 Å². The molecule has 1 N–H and O–H groups in total. The molecule has 0 unspecified atom stereocenters. The van der Waals surface area contributed by atoms with Crippen LogP contribution in [0.15, 0.2) is 24.4 Å². The number of hydrogen-bond donors (Lipinski definition) is 1. The summed E-state index contributed by atoms with van der Waals surface area (Å²) in [7, 11) is 0. The smallest absolute Gasteiger partial charge is 0.146 e. The van der Waals surface area contributed by atoms with E-state index in [1.807, 2.05) is 16.9 Å². The van der Waals surface area contributed by atoms with Crippen molar-refractivity contribution in [3.8, 4) is 0 Å². The first kappa shape index (κ1) is 14.0. The topological polar surface area (TPSA) is 29.9 Å². The van der Waals surface area contributed by atoms with Gasteiger partial charge in [-0.25, -0.2) is 8.78 Å². The van der Waals surface area contributed by atoms with E-state index in [1.54, 1.807) is 6.92 Å². The van der Waals surface area contributed by atoms with Crippen LogP contribution >= 0.6 is 0 Å². The highest BCUT2D eigenvalue weighted by atomic mass is 19.1. The first-order valence-electron chi connectivity index (χ1n) is 7.37. The van der Waals surface area contributed by atoms with Gasteiger partial charge in [-0.05, 0) is 37.5 Å². The van der Waals surface area contributed by atoms with Crippen molar-refractivity contribution in [3.63, 3.8) is 0 Å². The van der Waals surface area contributed by atoms with Crippen molar-refractivity contribution in [2.24, 2.45) is 0 Å². The highest BCUT2D eigenvalue weighted by Gasteiger charge is 2.17. The first-order valence-corrected chi connectivity index (χ1v) is 7.37. The van der Waals surface area contributed by atoms with Crippen LogP contribution in [0.3, 0.4) is 0 Å². The van der Waals surface area contributed by atoms with Crippen molar-refractivity contribution < 1.29 is 8.78 Å². The minimum absolute atomic E-state index is 0.175. The molecule has 0 bridgehead atoms. The number of nitrogens with zero attached hydrogens (tertiary/aromatic N) is 2. The predicted molar refractivity (Wildman–Crippen MR) is 78.2 cm³/mol. The largest absolute Gasteiger partial charge is 0.377 e. The van der Waals surface area contributed by atoms with Gasteiger partial charge in [-0.1, -0.05) is 12.8 Å². The Kier molecular flexibility index (Phi) is 3.90. The van der Waals surface area contributed by atoms with Gasteiger partial charge in [0, 0.05) is 12.3 Å². The summed E-state index contributed by atoms with van der Waals surface area (Å²) in [6.07, 6.45) is 6.83. The SMILES string of the molecule is Cc1cc(F)c(NCc2ccn(C3CCCC3)n2)cc1F. The fourth-order valence-corrected chi connectivity index (χ4v) is 2.81. The molecule has 1 saturated carbocycles. The summed E-state index contributed by atoms with van der Waals surface area (Å²) < 4.78 is 29.2. The van der Waals surface area contributed by atoms with E-state index in [4.69, 9.17) is 0 Å². The van der Waals surface area contributed by atoms with Crippen LogP contribution in [0.25, 0.3) is 0 Å². The van der Waals surface area contributed by atoms with Crippen molar-refractivity contribution in [3.05, 3.63) is 47.3 Å². The zero-order valence-electron chi connectivity index (χ0n) is 12.1. The Morgan fingerprint density at radius 2 is 2.00 bits per heavy atom. The zero-order chi connectivity index (χ0) is 14.8. The molecule has 1 aliphatic carbocycles. The second-order valence-electron chi connectivity index (χ2n) is 5.66. The van der Waals surface area contributed by atoms with Gasteiger partial charge in [0.15, 0.2) is 0 Å². The van der Waals surface area contributed by atoms with Crippen LogP contribution in [0.1, 0.15) is 43.0 Å². The Labute approximate surface area is 123 Å². The van der Waals surface area contributed by atoms with Gasteiger partial charge in [-0.3, -0.25) is 4.68 Å². The van der Waals surface area contributed by atoms with E-state index >= 15 is 0 Å². The molecule has 0 atom stereocenters. The Hall–Kier alpha value is -1.91. The number of anilines is 1. The molecular formula is C16H19F2N3. The summed E-state index contributed by atoms with van der Waals surface area (Å²) in [5.41, 5.74) is 1.32. The van der Waals surface area contributed by atoms with Crippen LogP contribution in [0.4, 0.5) is 14.5 Å². The summed E-state index contributed by atoms with van der Waals surface area (Å²) in [6, 6.07) is 4.81. The average Bonchev–Trinajstić information content (AvgIpc) is 3.11. The molecular weight excluding hydrogens is 272 g/mol. The molecule has 3 nitrogen and oxygen atoms in total. The standard InChI is InChI=1S/C16H19F2N3/c1-11-8-15(18)16(9-14(11)17)19-10-12-6-7-21(20-12)13-4-2-3-5-13/h6-9,13,19H,2-5,10H2,1H3. The Bertz CT molecular complexity index is 630. The van der Waals surface area contributed by atoms with Crippen LogP contribution < -0.4 is 5.32 Å². The predicted octanol–water partition coefficient (Wildman–Crippen LogP) is 4.20. The number of aryl methyl sites for hydroxylation is 1. The molecule has 1 heterocycles. The maximum atomic E-state index is 13.7. The zero-order valence-corrected chi connectivity index (χ0v) is 12.1. The van der Waals surface area contributed by atoms with E-state index in [9.17, 15) is 8.78 Å². The highest BCUT2D eigenvalue weighted by Crippen LogP contribution is 2.28. The van der Waals surface area contributed by atoms with Crippen LogP contribution in [0, 0.1) is 18.6 Å². The normalized spacial score (nSPS) is 15.6. The lowest BCUT2D eigenvalue weighted by molar-refractivity contribution is 0.463. The molecule has 5 heteroatoms. The van der Waals surface area contributed by atoms with E-state index in [-0.39, 0.29) is 5.69 Å². The third-order valence-electron chi connectivity index (χ3n) is 4.07. The van der Waals surface area contributed by atoms with Crippen molar-refractivity contribution >= 4 is 5.69 Å². The minimum atomic E-state index is -0.441. The molecule has 0 aliphatic heterocycles. The molecule has 0 amide bonds. The molecule has 1 aromatic carbocycles. The van der Waals surface area contributed by atoms with E-state index in [1.165, 1.54) is 37.8 Å². The van der Waals surface area contributed by atoms with Gasteiger partial charge < -0.3 is 5.32 Å². The van der Waals surface area contributed by atoms with E-state index in [0.717, 1.165) is 5.69 Å². The van der Waals surface area contributed by atoms with E-state index in [0.29, 0.717) is 18.2 Å². The Morgan fingerprint density at radius 1 is 1.24 bits per heavy atom. The first-order chi connectivity index (χ1) is 10.1. The fourth-order valence-electron chi connectivity index (χ4n) is 2.81. The van der Waals surface area contributed by atoms with Gasteiger partial charge in [0.05, 0.1) is 24.0 Å². The number of benzene rings is 1. The van der Waals surface area contributed by atoms with Gasteiger partial charge in [-0.15, -0.1) is 0 Å². The van der Waals surface area contributed by atoms with E-state index < -0.39 is 11.6 Å². The summed E-state index contributed by atoms with van der Waals surface area (Å²) in [5.74, 6) is -0.848. The van der Waals surface area contributed by atoms with Crippen LogP contribution in [-0.2, 0) is 6.54 Å².